The molecular formula is C16H21N3O2. The molecule has 0 fully saturated rings. The first kappa shape index (κ1) is 15.1. The summed E-state index contributed by atoms with van der Waals surface area (Å²) in [6, 6.07) is 9.34. The second kappa shape index (κ2) is 6.92. The number of para-hydroxylation sites is 1. The molecule has 0 bridgehead atoms. The zero-order valence-electron chi connectivity index (χ0n) is 12.7. The van der Waals surface area contributed by atoms with Gasteiger partial charge in [0, 0.05) is 18.2 Å². The Morgan fingerprint density at radius 3 is 2.81 bits per heavy atom. The smallest absolute Gasteiger partial charge is 0.230 e. The van der Waals surface area contributed by atoms with E-state index in [9.17, 15) is 4.79 Å². The summed E-state index contributed by atoms with van der Waals surface area (Å²) in [5.74, 6) is 1.84. The SMILES string of the molecule is COc1ccccc1CC(=O)Nc1ccnn1CC(C)C. The third-order valence-electron chi connectivity index (χ3n) is 3.07. The van der Waals surface area contributed by atoms with Crippen LogP contribution < -0.4 is 10.1 Å². The molecule has 0 saturated carbocycles. The lowest BCUT2D eigenvalue weighted by Crippen LogP contribution is -2.19. The van der Waals surface area contributed by atoms with Crippen molar-refractivity contribution in [2.75, 3.05) is 12.4 Å². The molecule has 1 aromatic carbocycles. The number of methoxy groups -OCH3 is 1. The van der Waals surface area contributed by atoms with Gasteiger partial charge in [-0.3, -0.25) is 4.79 Å². The maximum atomic E-state index is 12.2. The molecule has 0 aliphatic rings. The minimum Gasteiger partial charge on any atom is -0.496 e. The summed E-state index contributed by atoms with van der Waals surface area (Å²) < 4.78 is 7.07. The highest BCUT2D eigenvalue weighted by Gasteiger charge is 2.11. The van der Waals surface area contributed by atoms with E-state index in [4.69, 9.17) is 4.74 Å². The Bertz CT molecular complexity index is 605. The van der Waals surface area contributed by atoms with Crippen molar-refractivity contribution in [3.63, 3.8) is 0 Å². The number of ether oxygens (including phenoxy) is 1. The normalized spacial score (nSPS) is 10.7. The van der Waals surface area contributed by atoms with Gasteiger partial charge >= 0.3 is 0 Å². The third kappa shape index (κ3) is 4.08. The van der Waals surface area contributed by atoms with Gasteiger partial charge in [-0.25, -0.2) is 4.68 Å². The van der Waals surface area contributed by atoms with Crippen molar-refractivity contribution >= 4 is 11.7 Å². The van der Waals surface area contributed by atoms with Crippen molar-refractivity contribution < 1.29 is 9.53 Å². The van der Waals surface area contributed by atoms with Crippen LogP contribution in [0.4, 0.5) is 5.82 Å². The Morgan fingerprint density at radius 1 is 1.33 bits per heavy atom. The monoisotopic (exact) mass is 287 g/mol. The van der Waals surface area contributed by atoms with E-state index in [0.717, 1.165) is 23.7 Å². The molecule has 0 aliphatic heterocycles. The molecule has 2 rings (SSSR count). The Hall–Kier alpha value is -2.30. The summed E-state index contributed by atoms with van der Waals surface area (Å²) in [7, 11) is 1.61. The van der Waals surface area contributed by atoms with Crippen LogP contribution in [0, 0.1) is 5.92 Å². The molecule has 0 unspecified atom stereocenters. The maximum Gasteiger partial charge on any atom is 0.230 e. The summed E-state index contributed by atoms with van der Waals surface area (Å²) in [6.45, 7) is 5.00. The Kier molecular flexibility index (Phi) is 4.98. The van der Waals surface area contributed by atoms with Gasteiger partial charge in [0.1, 0.15) is 11.6 Å². The van der Waals surface area contributed by atoms with E-state index < -0.39 is 0 Å². The molecule has 0 saturated heterocycles. The van der Waals surface area contributed by atoms with Crippen molar-refractivity contribution in [1.29, 1.82) is 0 Å². The second-order valence-corrected chi connectivity index (χ2v) is 5.33. The zero-order valence-corrected chi connectivity index (χ0v) is 12.7. The van der Waals surface area contributed by atoms with Crippen molar-refractivity contribution in [2.45, 2.75) is 26.8 Å². The first-order chi connectivity index (χ1) is 10.1. The molecule has 1 amide bonds. The topological polar surface area (TPSA) is 56.1 Å². The molecule has 0 spiro atoms. The summed E-state index contributed by atoms with van der Waals surface area (Å²) in [5, 5.41) is 7.13. The lowest BCUT2D eigenvalue weighted by atomic mass is 10.1. The molecule has 0 aliphatic carbocycles. The van der Waals surface area contributed by atoms with Crippen molar-refractivity contribution in [3.8, 4) is 5.75 Å². The number of carbonyl (C=O) groups is 1. The number of anilines is 1. The Morgan fingerprint density at radius 2 is 2.10 bits per heavy atom. The molecule has 1 heterocycles. The number of hydrogen-bond acceptors (Lipinski definition) is 3. The number of aromatic nitrogens is 2. The number of nitrogens with zero attached hydrogens (tertiary/aromatic N) is 2. The molecule has 2 aromatic rings. The van der Waals surface area contributed by atoms with Crippen LogP contribution in [0.3, 0.4) is 0 Å². The average molecular weight is 287 g/mol. The quantitative estimate of drug-likeness (QED) is 0.888. The maximum absolute atomic E-state index is 12.2. The Labute approximate surface area is 124 Å². The van der Waals surface area contributed by atoms with Gasteiger partial charge in [-0.15, -0.1) is 0 Å². The van der Waals surface area contributed by atoms with Crippen LogP contribution in [0.2, 0.25) is 0 Å². The van der Waals surface area contributed by atoms with E-state index in [1.54, 1.807) is 13.3 Å². The fourth-order valence-corrected chi connectivity index (χ4v) is 2.14. The van der Waals surface area contributed by atoms with Gasteiger partial charge < -0.3 is 10.1 Å². The van der Waals surface area contributed by atoms with Crippen LogP contribution >= 0.6 is 0 Å². The third-order valence-corrected chi connectivity index (χ3v) is 3.07. The van der Waals surface area contributed by atoms with E-state index >= 15 is 0 Å². The van der Waals surface area contributed by atoms with E-state index in [1.807, 2.05) is 35.0 Å². The van der Waals surface area contributed by atoms with Gasteiger partial charge in [-0.1, -0.05) is 32.0 Å². The number of carbonyl (C=O) groups excluding carboxylic acids is 1. The second-order valence-electron chi connectivity index (χ2n) is 5.33. The molecule has 5 heteroatoms. The summed E-state index contributed by atoms with van der Waals surface area (Å²) >= 11 is 0. The fourth-order valence-electron chi connectivity index (χ4n) is 2.14. The largest absolute Gasteiger partial charge is 0.496 e. The minimum atomic E-state index is -0.0787. The molecular weight excluding hydrogens is 266 g/mol. The highest BCUT2D eigenvalue weighted by molar-refractivity contribution is 5.91. The minimum absolute atomic E-state index is 0.0787. The number of hydrogen-bond donors (Lipinski definition) is 1. The van der Waals surface area contributed by atoms with Crippen molar-refractivity contribution in [2.24, 2.45) is 5.92 Å². The predicted octanol–water partition coefficient (Wildman–Crippen LogP) is 2.73. The van der Waals surface area contributed by atoms with E-state index in [-0.39, 0.29) is 12.3 Å². The molecule has 112 valence electrons. The van der Waals surface area contributed by atoms with E-state index in [2.05, 4.69) is 24.3 Å². The molecule has 1 N–H and O–H groups in total. The van der Waals surface area contributed by atoms with Gasteiger partial charge in [-0.2, -0.15) is 5.10 Å². The Balaban J connectivity index is 2.04. The van der Waals surface area contributed by atoms with E-state index in [1.165, 1.54) is 0 Å². The highest BCUT2D eigenvalue weighted by atomic mass is 16.5. The highest BCUT2D eigenvalue weighted by Crippen LogP contribution is 2.18. The van der Waals surface area contributed by atoms with Gasteiger partial charge in [0.05, 0.1) is 19.7 Å². The van der Waals surface area contributed by atoms with Crippen molar-refractivity contribution in [1.82, 2.24) is 9.78 Å². The molecule has 0 atom stereocenters. The lowest BCUT2D eigenvalue weighted by Gasteiger charge is -2.12. The molecule has 5 nitrogen and oxygen atoms in total. The lowest BCUT2D eigenvalue weighted by molar-refractivity contribution is -0.115. The molecule has 21 heavy (non-hydrogen) atoms. The summed E-state index contributed by atoms with van der Waals surface area (Å²) in [4.78, 5) is 12.2. The number of rotatable bonds is 6. The van der Waals surface area contributed by atoms with Crippen LogP contribution in [-0.2, 0) is 17.8 Å². The van der Waals surface area contributed by atoms with Crippen molar-refractivity contribution in [3.05, 3.63) is 42.1 Å². The molecule has 1 aromatic heterocycles. The summed E-state index contributed by atoms with van der Waals surface area (Å²) in [5.41, 5.74) is 0.868. The number of amides is 1. The number of nitrogens with one attached hydrogen (secondary N) is 1. The van der Waals surface area contributed by atoms with Crippen LogP contribution in [0.1, 0.15) is 19.4 Å². The summed E-state index contributed by atoms with van der Waals surface area (Å²) in [6.07, 6.45) is 1.97. The first-order valence-electron chi connectivity index (χ1n) is 7.03. The van der Waals surface area contributed by atoms with Crippen LogP contribution in [0.25, 0.3) is 0 Å². The van der Waals surface area contributed by atoms with Gasteiger partial charge in [0.25, 0.3) is 0 Å². The molecule has 0 radical (unpaired) electrons. The number of benzene rings is 1. The first-order valence-corrected chi connectivity index (χ1v) is 7.03. The standard InChI is InChI=1S/C16H21N3O2/c1-12(2)11-19-15(8-9-17-19)18-16(20)10-13-6-4-5-7-14(13)21-3/h4-9,12H,10-11H2,1-3H3,(H,18,20). The van der Waals surface area contributed by atoms with E-state index in [0.29, 0.717) is 5.92 Å². The van der Waals surface area contributed by atoms with Gasteiger partial charge in [0.15, 0.2) is 0 Å². The fraction of sp³-hybridized carbons (Fsp3) is 0.375. The van der Waals surface area contributed by atoms with Crippen LogP contribution in [0.5, 0.6) is 5.75 Å². The predicted molar refractivity (Wildman–Crippen MR) is 82.4 cm³/mol. The van der Waals surface area contributed by atoms with Gasteiger partial charge in [0.2, 0.25) is 5.91 Å². The van der Waals surface area contributed by atoms with Crippen LogP contribution in [0.15, 0.2) is 36.5 Å². The van der Waals surface area contributed by atoms with Gasteiger partial charge in [-0.05, 0) is 12.0 Å². The average Bonchev–Trinajstić information content (AvgIpc) is 2.85. The van der Waals surface area contributed by atoms with Crippen LogP contribution in [-0.4, -0.2) is 22.8 Å². The zero-order chi connectivity index (χ0) is 15.2.